The molecule has 0 saturated heterocycles. The maximum Gasteiger partial charge on any atom is 0.241 e. The fourth-order valence-corrected chi connectivity index (χ4v) is 2.28. The average molecular weight is 304 g/mol. The standard InChI is InChI=1S/C13H19Cl2N3O/c1-4-5-18(3)8(2)13(19)17-12-10(14)6-9(16)7-11(12)15/h6-8H,4-5,16H2,1-3H3,(H,17,19). The van der Waals surface area contributed by atoms with Gasteiger partial charge < -0.3 is 11.1 Å². The van der Waals surface area contributed by atoms with Gasteiger partial charge in [-0.3, -0.25) is 9.69 Å². The first-order valence-corrected chi connectivity index (χ1v) is 6.88. The molecule has 3 N–H and O–H groups in total. The Morgan fingerprint density at radius 2 is 1.95 bits per heavy atom. The molecule has 19 heavy (non-hydrogen) atoms. The van der Waals surface area contributed by atoms with Gasteiger partial charge in [-0.05, 0) is 39.1 Å². The third kappa shape index (κ3) is 4.27. The van der Waals surface area contributed by atoms with Crippen LogP contribution in [-0.4, -0.2) is 30.4 Å². The van der Waals surface area contributed by atoms with E-state index in [9.17, 15) is 4.79 Å². The van der Waals surface area contributed by atoms with Crippen LogP contribution in [0.5, 0.6) is 0 Å². The van der Waals surface area contributed by atoms with Gasteiger partial charge in [0.05, 0.1) is 21.8 Å². The molecule has 0 aromatic heterocycles. The maximum absolute atomic E-state index is 12.1. The molecule has 0 heterocycles. The first kappa shape index (κ1) is 16.1. The number of benzene rings is 1. The number of nitrogens with zero attached hydrogens (tertiary/aromatic N) is 1. The molecule has 0 aliphatic rings. The summed E-state index contributed by atoms with van der Waals surface area (Å²) in [5, 5.41) is 3.42. The lowest BCUT2D eigenvalue weighted by Crippen LogP contribution is -2.40. The molecule has 0 aliphatic heterocycles. The Morgan fingerprint density at radius 3 is 2.42 bits per heavy atom. The predicted octanol–water partition coefficient (Wildman–Crippen LogP) is 3.24. The normalized spacial score (nSPS) is 12.5. The third-order valence-corrected chi connectivity index (χ3v) is 3.53. The van der Waals surface area contributed by atoms with Gasteiger partial charge in [0, 0.05) is 5.69 Å². The van der Waals surface area contributed by atoms with Crippen molar-refractivity contribution < 1.29 is 4.79 Å². The summed E-state index contributed by atoms with van der Waals surface area (Å²) in [5.41, 5.74) is 6.48. The summed E-state index contributed by atoms with van der Waals surface area (Å²) in [7, 11) is 1.90. The summed E-state index contributed by atoms with van der Waals surface area (Å²) in [5.74, 6) is -0.149. The van der Waals surface area contributed by atoms with Gasteiger partial charge >= 0.3 is 0 Å². The van der Waals surface area contributed by atoms with E-state index in [-0.39, 0.29) is 11.9 Å². The van der Waals surface area contributed by atoms with Crippen molar-refractivity contribution in [2.45, 2.75) is 26.3 Å². The van der Waals surface area contributed by atoms with Gasteiger partial charge in [0.25, 0.3) is 0 Å². The van der Waals surface area contributed by atoms with E-state index in [1.807, 2.05) is 18.9 Å². The van der Waals surface area contributed by atoms with Crippen LogP contribution in [0.3, 0.4) is 0 Å². The number of amides is 1. The zero-order valence-corrected chi connectivity index (χ0v) is 12.8. The van der Waals surface area contributed by atoms with Crippen molar-refractivity contribution >= 4 is 40.5 Å². The van der Waals surface area contributed by atoms with E-state index in [2.05, 4.69) is 12.2 Å². The molecule has 106 valence electrons. The Bertz CT molecular complexity index is 442. The molecule has 0 radical (unpaired) electrons. The number of nitrogen functional groups attached to an aromatic ring is 1. The first-order valence-electron chi connectivity index (χ1n) is 6.12. The highest BCUT2D eigenvalue weighted by molar-refractivity contribution is 6.40. The molecule has 1 amide bonds. The van der Waals surface area contributed by atoms with Crippen LogP contribution in [0.25, 0.3) is 0 Å². The topological polar surface area (TPSA) is 58.4 Å². The fourth-order valence-electron chi connectivity index (χ4n) is 1.69. The summed E-state index contributed by atoms with van der Waals surface area (Å²) < 4.78 is 0. The van der Waals surface area contributed by atoms with Crippen molar-refractivity contribution in [1.29, 1.82) is 0 Å². The summed E-state index contributed by atoms with van der Waals surface area (Å²) in [6.07, 6.45) is 0.984. The van der Waals surface area contributed by atoms with Gasteiger partial charge in [0.2, 0.25) is 5.91 Å². The highest BCUT2D eigenvalue weighted by Gasteiger charge is 2.19. The lowest BCUT2D eigenvalue weighted by atomic mass is 10.2. The minimum absolute atomic E-state index is 0.149. The number of nitrogens with one attached hydrogen (secondary N) is 1. The molecule has 0 bridgehead atoms. The van der Waals surface area contributed by atoms with Crippen molar-refractivity contribution in [2.75, 3.05) is 24.6 Å². The smallest absolute Gasteiger partial charge is 0.241 e. The van der Waals surface area contributed by atoms with Crippen LogP contribution in [0.2, 0.25) is 10.0 Å². The van der Waals surface area contributed by atoms with Crippen LogP contribution in [-0.2, 0) is 4.79 Å². The van der Waals surface area contributed by atoms with E-state index in [1.165, 1.54) is 0 Å². The van der Waals surface area contributed by atoms with E-state index in [1.54, 1.807) is 12.1 Å². The minimum Gasteiger partial charge on any atom is -0.399 e. The SMILES string of the molecule is CCCN(C)C(C)C(=O)Nc1c(Cl)cc(N)cc1Cl. The van der Waals surface area contributed by atoms with Crippen molar-refractivity contribution in [3.05, 3.63) is 22.2 Å². The largest absolute Gasteiger partial charge is 0.399 e. The number of carbonyl (C=O) groups excluding carboxylic acids is 1. The molecule has 1 aromatic rings. The Hall–Kier alpha value is -0.970. The second-order valence-electron chi connectivity index (χ2n) is 4.51. The number of likely N-dealkylation sites (N-methyl/N-ethyl adjacent to an activating group) is 1. The molecule has 1 aromatic carbocycles. The highest BCUT2D eigenvalue weighted by atomic mass is 35.5. The van der Waals surface area contributed by atoms with E-state index < -0.39 is 0 Å². The number of rotatable bonds is 5. The number of nitrogens with two attached hydrogens (primary N) is 1. The van der Waals surface area contributed by atoms with Crippen LogP contribution in [0, 0.1) is 0 Å². The molecule has 0 spiro atoms. The van der Waals surface area contributed by atoms with E-state index in [4.69, 9.17) is 28.9 Å². The summed E-state index contributed by atoms with van der Waals surface area (Å²) in [6, 6.07) is 2.86. The van der Waals surface area contributed by atoms with Crippen molar-refractivity contribution in [1.82, 2.24) is 4.90 Å². The predicted molar refractivity (Wildman–Crippen MR) is 81.9 cm³/mol. The molecular formula is C13H19Cl2N3O. The Kier molecular flexibility index (Phi) is 5.91. The molecule has 1 unspecified atom stereocenters. The lowest BCUT2D eigenvalue weighted by Gasteiger charge is -2.23. The molecule has 1 rings (SSSR count). The minimum atomic E-state index is -0.260. The molecule has 0 saturated carbocycles. The van der Waals surface area contributed by atoms with Crippen molar-refractivity contribution in [2.24, 2.45) is 0 Å². The summed E-state index contributed by atoms with van der Waals surface area (Å²) in [4.78, 5) is 14.1. The molecule has 4 nitrogen and oxygen atoms in total. The third-order valence-electron chi connectivity index (χ3n) is 2.93. The maximum atomic E-state index is 12.1. The molecule has 6 heteroatoms. The number of carbonyl (C=O) groups is 1. The van der Waals surface area contributed by atoms with E-state index in [0.29, 0.717) is 21.4 Å². The second kappa shape index (κ2) is 6.98. The number of halogens is 2. The van der Waals surface area contributed by atoms with Crippen LogP contribution < -0.4 is 11.1 Å². The van der Waals surface area contributed by atoms with Crippen LogP contribution in [0.4, 0.5) is 11.4 Å². The first-order chi connectivity index (χ1) is 8.86. The number of anilines is 2. The van der Waals surface area contributed by atoms with Crippen molar-refractivity contribution in [3.8, 4) is 0 Å². The van der Waals surface area contributed by atoms with Crippen molar-refractivity contribution in [3.63, 3.8) is 0 Å². The quantitative estimate of drug-likeness (QED) is 0.821. The molecule has 0 aliphatic carbocycles. The van der Waals surface area contributed by atoms with Crippen LogP contribution in [0.15, 0.2) is 12.1 Å². The lowest BCUT2D eigenvalue weighted by molar-refractivity contribution is -0.120. The van der Waals surface area contributed by atoms with Gasteiger partial charge in [-0.1, -0.05) is 30.1 Å². The monoisotopic (exact) mass is 303 g/mol. The van der Waals surface area contributed by atoms with Gasteiger partial charge in [0.15, 0.2) is 0 Å². The molecule has 0 fully saturated rings. The summed E-state index contributed by atoms with van der Waals surface area (Å²) >= 11 is 12.1. The Balaban J connectivity index is 2.83. The molecular weight excluding hydrogens is 285 g/mol. The van der Waals surface area contributed by atoms with Gasteiger partial charge in [-0.25, -0.2) is 0 Å². The van der Waals surface area contributed by atoms with E-state index in [0.717, 1.165) is 13.0 Å². The number of hydrogen-bond donors (Lipinski definition) is 2. The zero-order valence-electron chi connectivity index (χ0n) is 11.3. The Labute approximate surface area is 123 Å². The second-order valence-corrected chi connectivity index (χ2v) is 5.32. The van der Waals surface area contributed by atoms with Crippen LogP contribution >= 0.6 is 23.2 Å². The highest BCUT2D eigenvalue weighted by Crippen LogP contribution is 2.32. The zero-order chi connectivity index (χ0) is 14.6. The Morgan fingerprint density at radius 1 is 1.42 bits per heavy atom. The number of hydrogen-bond acceptors (Lipinski definition) is 3. The van der Waals surface area contributed by atoms with Gasteiger partial charge in [-0.2, -0.15) is 0 Å². The van der Waals surface area contributed by atoms with Gasteiger partial charge in [-0.15, -0.1) is 0 Å². The van der Waals surface area contributed by atoms with E-state index >= 15 is 0 Å². The summed E-state index contributed by atoms with van der Waals surface area (Å²) in [6.45, 7) is 4.75. The van der Waals surface area contributed by atoms with Gasteiger partial charge in [0.1, 0.15) is 0 Å². The van der Waals surface area contributed by atoms with Crippen LogP contribution in [0.1, 0.15) is 20.3 Å². The average Bonchev–Trinajstić information content (AvgIpc) is 2.32. The molecule has 1 atom stereocenters. The fraction of sp³-hybridized carbons (Fsp3) is 0.462.